The molecular formula is C7H18AsO3. The Hall–Kier alpha value is 0.438. The summed E-state index contributed by atoms with van der Waals surface area (Å²) in [4.78, 5) is 0. The van der Waals surface area contributed by atoms with Gasteiger partial charge in [-0.1, -0.05) is 0 Å². The van der Waals surface area contributed by atoms with E-state index < -0.39 is 13.6 Å². The molecule has 0 aliphatic rings. The zero-order chi connectivity index (χ0) is 8.74. The van der Waals surface area contributed by atoms with Crippen molar-refractivity contribution in [3.63, 3.8) is 0 Å². The minimum absolute atomic E-state index is 0.198. The van der Waals surface area contributed by atoms with Gasteiger partial charge in [0.1, 0.15) is 0 Å². The van der Waals surface area contributed by atoms with Gasteiger partial charge in [0.05, 0.1) is 0 Å². The van der Waals surface area contributed by atoms with Crippen LogP contribution in [0.1, 0.15) is 0 Å². The summed E-state index contributed by atoms with van der Waals surface area (Å²) in [6, 6.07) is 0. The first-order valence-electron chi connectivity index (χ1n) is 3.84. The van der Waals surface area contributed by atoms with Crippen LogP contribution in [0.4, 0.5) is 0 Å². The summed E-state index contributed by atoms with van der Waals surface area (Å²) < 4.78 is 0. The van der Waals surface area contributed by atoms with Gasteiger partial charge in [0, 0.05) is 0 Å². The van der Waals surface area contributed by atoms with Crippen LogP contribution in [0.5, 0.6) is 0 Å². The molecular weight excluding hydrogens is 207 g/mol. The van der Waals surface area contributed by atoms with Crippen LogP contribution in [-0.4, -0.2) is 48.7 Å². The molecule has 11 heavy (non-hydrogen) atoms. The van der Waals surface area contributed by atoms with Crippen LogP contribution < -0.4 is 0 Å². The summed E-state index contributed by atoms with van der Waals surface area (Å²) in [6.07, 6.45) is 0. The summed E-state index contributed by atoms with van der Waals surface area (Å²) in [5, 5.41) is 28.7. The molecule has 0 aliphatic heterocycles. The second-order valence-electron chi connectivity index (χ2n) is 2.96. The second kappa shape index (κ2) is 6.01. The SMILES string of the molecule is C[As](CCO)(CCO)CCO. The van der Waals surface area contributed by atoms with Crippen molar-refractivity contribution in [2.75, 3.05) is 19.8 Å². The Bertz CT molecular complexity index is 80.7. The van der Waals surface area contributed by atoms with Gasteiger partial charge in [-0.3, -0.25) is 0 Å². The number of hydrogen-bond donors (Lipinski definition) is 3. The maximum absolute atomic E-state index is 8.73. The molecule has 0 aromatic heterocycles. The molecule has 1 radical (unpaired) electrons. The molecule has 0 heterocycles. The van der Waals surface area contributed by atoms with E-state index in [0.29, 0.717) is 0 Å². The molecule has 69 valence electrons. The summed E-state index contributed by atoms with van der Waals surface area (Å²) in [6.45, 7) is 0.594. The van der Waals surface area contributed by atoms with E-state index in [0.717, 1.165) is 15.6 Å². The third-order valence-electron chi connectivity index (χ3n) is 1.92. The monoisotopic (exact) mass is 225 g/mol. The van der Waals surface area contributed by atoms with Gasteiger partial charge in [0.15, 0.2) is 0 Å². The van der Waals surface area contributed by atoms with Gasteiger partial charge in [0.25, 0.3) is 0 Å². The van der Waals surface area contributed by atoms with Crippen molar-refractivity contribution < 1.29 is 15.3 Å². The molecule has 0 aromatic carbocycles. The second-order valence-corrected chi connectivity index (χ2v) is 12.6. The molecule has 0 aliphatic carbocycles. The van der Waals surface area contributed by atoms with E-state index in [1.807, 2.05) is 0 Å². The third-order valence-corrected chi connectivity index (χ3v) is 9.97. The van der Waals surface area contributed by atoms with Crippen LogP contribution in [0.15, 0.2) is 0 Å². The van der Waals surface area contributed by atoms with Crippen LogP contribution in [0.3, 0.4) is 0 Å². The van der Waals surface area contributed by atoms with Crippen molar-refractivity contribution in [2.45, 2.75) is 21.3 Å². The normalized spacial score (nSPS) is 12.0. The molecule has 0 aromatic rings. The average molecular weight is 225 g/mol. The van der Waals surface area contributed by atoms with Crippen LogP contribution in [0, 0.1) is 0 Å². The van der Waals surface area contributed by atoms with Gasteiger partial charge in [0.2, 0.25) is 0 Å². The first-order valence-corrected chi connectivity index (χ1v) is 9.70. The van der Waals surface area contributed by atoms with E-state index in [2.05, 4.69) is 5.71 Å². The Morgan fingerprint density at radius 2 is 1.09 bits per heavy atom. The molecule has 0 rings (SSSR count). The molecule has 0 bridgehead atoms. The predicted octanol–water partition coefficient (Wildman–Crippen LogP) is 0.0419. The number of rotatable bonds is 6. The van der Waals surface area contributed by atoms with E-state index in [1.165, 1.54) is 0 Å². The number of hydrogen-bond acceptors (Lipinski definition) is 3. The van der Waals surface area contributed by atoms with Gasteiger partial charge in [-0.05, 0) is 0 Å². The van der Waals surface area contributed by atoms with Crippen LogP contribution in [0.25, 0.3) is 0 Å². The quantitative estimate of drug-likeness (QED) is 0.559. The molecule has 0 atom stereocenters. The molecule has 3 nitrogen and oxygen atoms in total. The van der Waals surface area contributed by atoms with E-state index in [9.17, 15) is 0 Å². The Balaban J connectivity index is 3.79. The molecule has 0 saturated heterocycles. The van der Waals surface area contributed by atoms with Crippen LogP contribution in [-0.2, 0) is 0 Å². The molecule has 3 N–H and O–H groups in total. The molecule has 0 fully saturated rings. The first kappa shape index (κ1) is 11.4. The van der Waals surface area contributed by atoms with Gasteiger partial charge >= 0.3 is 70.0 Å². The van der Waals surface area contributed by atoms with Gasteiger partial charge in [-0.25, -0.2) is 0 Å². The fourth-order valence-corrected chi connectivity index (χ4v) is 5.51. The fraction of sp³-hybridized carbons (Fsp3) is 1.00. The maximum atomic E-state index is 8.73. The van der Waals surface area contributed by atoms with Crippen LogP contribution >= 0.6 is 0 Å². The summed E-state index contributed by atoms with van der Waals surface area (Å²) >= 11 is -1.83. The van der Waals surface area contributed by atoms with Gasteiger partial charge in [-0.2, -0.15) is 0 Å². The van der Waals surface area contributed by atoms with Crippen molar-refractivity contribution in [3.05, 3.63) is 0 Å². The minimum atomic E-state index is -1.83. The topological polar surface area (TPSA) is 60.7 Å². The summed E-state index contributed by atoms with van der Waals surface area (Å²) in [7, 11) is 0. The van der Waals surface area contributed by atoms with Crippen molar-refractivity contribution in [2.24, 2.45) is 0 Å². The third kappa shape index (κ3) is 4.80. The van der Waals surface area contributed by atoms with Crippen molar-refractivity contribution in [1.82, 2.24) is 0 Å². The predicted molar refractivity (Wildman–Crippen MR) is 47.3 cm³/mol. The molecule has 0 unspecified atom stereocenters. The van der Waals surface area contributed by atoms with Gasteiger partial charge < -0.3 is 0 Å². The van der Waals surface area contributed by atoms with Crippen LogP contribution in [0.2, 0.25) is 21.3 Å². The van der Waals surface area contributed by atoms with E-state index >= 15 is 0 Å². The fourth-order valence-electron chi connectivity index (χ4n) is 1.06. The molecule has 4 heteroatoms. The summed E-state index contributed by atoms with van der Waals surface area (Å²) in [5.74, 6) is 0. The Morgan fingerprint density at radius 1 is 0.818 bits per heavy atom. The number of aliphatic hydroxyl groups is 3. The molecule has 0 amide bonds. The Morgan fingerprint density at radius 3 is 1.27 bits per heavy atom. The first-order chi connectivity index (χ1) is 5.18. The van der Waals surface area contributed by atoms with E-state index in [4.69, 9.17) is 15.3 Å². The van der Waals surface area contributed by atoms with E-state index in [-0.39, 0.29) is 19.8 Å². The summed E-state index contributed by atoms with van der Waals surface area (Å²) in [5.41, 5.74) is 2.14. The zero-order valence-electron chi connectivity index (χ0n) is 7.03. The molecule has 0 spiro atoms. The standard InChI is InChI=1S/C7H18AsO3/c1-8(2-5-9,3-6-10)4-7-11/h9-11H,2-7H2,1H3. The number of aliphatic hydroxyl groups excluding tert-OH is 3. The van der Waals surface area contributed by atoms with E-state index in [1.54, 1.807) is 0 Å². The molecule has 0 saturated carbocycles. The van der Waals surface area contributed by atoms with Crippen molar-refractivity contribution >= 4 is 13.6 Å². The van der Waals surface area contributed by atoms with Crippen molar-refractivity contribution in [1.29, 1.82) is 0 Å². The zero-order valence-corrected chi connectivity index (χ0v) is 8.91. The van der Waals surface area contributed by atoms with Gasteiger partial charge in [-0.15, -0.1) is 0 Å². The average Bonchev–Trinajstić information content (AvgIpc) is 1.88. The Labute approximate surface area is 70.5 Å². The van der Waals surface area contributed by atoms with Crippen molar-refractivity contribution in [3.8, 4) is 0 Å². The Kier molecular flexibility index (Phi) is 6.25.